The van der Waals surface area contributed by atoms with E-state index in [4.69, 9.17) is 4.99 Å². The molecule has 1 unspecified atom stereocenters. The molecular weight excluding hydrogens is 326 g/mol. The molecular formula is C20H39N5O. The molecule has 2 fully saturated rings. The molecule has 2 N–H and O–H groups in total. The summed E-state index contributed by atoms with van der Waals surface area (Å²) in [4.78, 5) is 21.8. The molecule has 1 aliphatic carbocycles. The molecule has 1 saturated carbocycles. The molecule has 2 rings (SSSR count). The lowest BCUT2D eigenvalue weighted by atomic mass is 9.85. The SMILES string of the molecule is CCNC(=NCC1(C(=O)N(C)C)CCCC1)NCCN1CCCC(C)C1. The lowest BCUT2D eigenvalue weighted by molar-refractivity contribution is -0.138. The van der Waals surface area contributed by atoms with Gasteiger partial charge in [-0.05, 0) is 45.1 Å². The third kappa shape index (κ3) is 5.86. The highest BCUT2D eigenvalue weighted by atomic mass is 16.2. The fraction of sp³-hybridized carbons (Fsp3) is 0.900. The fourth-order valence-corrected chi connectivity index (χ4v) is 4.36. The zero-order chi connectivity index (χ0) is 19.0. The summed E-state index contributed by atoms with van der Waals surface area (Å²) in [6, 6.07) is 0. The number of amides is 1. The maximum atomic E-state index is 12.7. The number of guanidine groups is 1. The molecule has 0 bridgehead atoms. The molecule has 0 radical (unpaired) electrons. The Labute approximate surface area is 159 Å². The summed E-state index contributed by atoms with van der Waals surface area (Å²) >= 11 is 0. The molecule has 26 heavy (non-hydrogen) atoms. The van der Waals surface area contributed by atoms with E-state index in [2.05, 4.69) is 29.4 Å². The van der Waals surface area contributed by atoms with Gasteiger partial charge in [-0.25, -0.2) is 0 Å². The van der Waals surface area contributed by atoms with Crippen molar-refractivity contribution in [3.05, 3.63) is 0 Å². The molecule has 0 aromatic carbocycles. The number of piperidine rings is 1. The normalized spacial score (nSPS) is 23.7. The Morgan fingerprint density at radius 2 is 1.96 bits per heavy atom. The van der Waals surface area contributed by atoms with Gasteiger partial charge in [-0.1, -0.05) is 19.8 Å². The summed E-state index contributed by atoms with van der Waals surface area (Å²) in [5, 5.41) is 6.80. The summed E-state index contributed by atoms with van der Waals surface area (Å²) in [5.41, 5.74) is -0.297. The van der Waals surface area contributed by atoms with Crippen LogP contribution in [0.4, 0.5) is 0 Å². The molecule has 2 aliphatic rings. The Balaban J connectivity index is 1.89. The van der Waals surface area contributed by atoms with E-state index in [1.54, 1.807) is 4.90 Å². The zero-order valence-electron chi connectivity index (χ0n) is 17.3. The van der Waals surface area contributed by atoms with Gasteiger partial charge in [0, 0.05) is 40.3 Å². The first-order valence-electron chi connectivity index (χ1n) is 10.4. The number of carbonyl (C=O) groups is 1. The Morgan fingerprint density at radius 3 is 2.58 bits per heavy atom. The minimum atomic E-state index is -0.297. The van der Waals surface area contributed by atoms with Crippen LogP contribution in [0, 0.1) is 11.3 Å². The van der Waals surface area contributed by atoms with Crippen molar-refractivity contribution in [1.29, 1.82) is 0 Å². The molecule has 1 atom stereocenters. The smallest absolute Gasteiger partial charge is 0.230 e. The Morgan fingerprint density at radius 1 is 1.23 bits per heavy atom. The van der Waals surface area contributed by atoms with Crippen LogP contribution in [0.1, 0.15) is 52.4 Å². The van der Waals surface area contributed by atoms with Crippen LogP contribution in [0.5, 0.6) is 0 Å². The van der Waals surface area contributed by atoms with E-state index in [1.165, 1.54) is 25.9 Å². The standard InChI is InChI=1S/C20H39N5O/c1-5-21-19(22-12-14-25-13-8-9-17(2)15-25)23-16-20(10-6-7-11-20)18(26)24(3)4/h17H,5-16H2,1-4H3,(H2,21,22,23). The lowest BCUT2D eigenvalue weighted by Crippen LogP contribution is -2.45. The quantitative estimate of drug-likeness (QED) is 0.535. The number of carbonyl (C=O) groups excluding carboxylic acids is 1. The van der Waals surface area contributed by atoms with Gasteiger partial charge in [-0.3, -0.25) is 9.79 Å². The molecule has 1 heterocycles. The van der Waals surface area contributed by atoms with Gasteiger partial charge < -0.3 is 20.4 Å². The first-order chi connectivity index (χ1) is 12.5. The first kappa shape index (κ1) is 21.0. The van der Waals surface area contributed by atoms with Crippen LogP contribution in [0.3, 0.4) is 0 Å². The fourth-order valence-electron chi connectivity index (χ4n) is 4.36. The maximum Gasteiger partial charge on any atom is 0.230 e. The van der Waals surface area contributed by atoms with Crippen molar-refractivity contribution in [3.8, 4) is 0 Å². The van der Waals surface area contributed by atoms with Gasteiger partial charge in [-0.15, -0.1) is 0 Å². The summed E-state index contributed by atoms with van der Waals surface area (Å²) in [6.07, 6.45) is 6.84. The average molecular weight is 366 g/mol. The third-order valence-electron chi connectivity index (χ3n) is 5.77. The molecule has 0 aromatic heterocycles. The summed E-state index contributed by atoms with van der Waals surface area (Å²) in [5.74, 6) is 1.89. The van der Waals surface area contributed by atoms with Gasteiger partial charge in [-0.2, -0.15) is 0 Å². The summed E-state index contributed by atoms with van der Waals surface area (Å²) < 4.78 is 0. The molecule has 0 aromatic rings. The van der Waals surface area contributed by atoms with Crippen molar-refractivity contribution < 1.29 is 4.79 Å². The molecule has 1 amide bonds. The molecule has 1 saturated heterocycles. The van der Waals surface area contributed by atoms with Crippen LogP contribution in [-0.2, 0) is 4.79 Å². The number of nitrogens with one attached hydrogen (secondary N) is 2. The van der Waals surface area contributed by atoms with Gasteiger partial charge in [0.05, 0.1) is 12.0 Å². The minimum Gasteiger partial charge on any atom is -0.357 e. The number of hydrogen-bond acceptors (Lipinski definition) is 3. The number of likely N-dealkylation sites (tertiary alicyclic amines) is 1. The largest absolute Gasteiger partial charge is 0.357 e. The van der Waals surface area contributed by atoms with Crippen molar-refractivity contribution in [2.45, 2.75) is 52.4 Å². The second-order valence-corrected chi connectivity index (χ2v) is 8.36. The van der Waals surface area contributed by atoms with Gasteiger partial charge in [0.2, 0.25) is 5.91 Å². The molecule has 1 aliphatic heterocycles. The highest BCUT2D eigenvalue weighted by Gasteiger charge is 2.42. The Kier molecular flexibility index (Phi) is 8.19. The van der Waals surface area contributed by atoms with Gasteiger partial charge >= 0.3 is 0 Å². The predicted octanol–water partition coefficient (Wildman–Crippen LogP) is 1.92. The van der Waals surface area contributed by atoms with E-state index >= 15 is 0 Å². The average Bonchev–Trinajstić information content (AvgIpc) is 3.09. The third-order valence-corrected chi connectivity index (χ3v) is 5.77. The van der Waals surface area contributed by atoms with Crippen molar-refractivity contribution in [2.24, 2.45) is 16.3 Å². The van der Waals surface area contributed by atoms with E-state index in [9.17, 15) is 4.79 Å². The van der Waals surface area contributed by atoms with Gasteiger partial charge in [0.1, 0.15) is 0 Å². The topological polar surface area (TPSA) is 60.0 Å². The molecule has 6 heteroatoms. The van der Waals surface area contributed by atoms with Crippen LogP contribution in [0.15, 0.2) is 4.99 Å². The number of rotatable bonds is 7. The van der Waals surface area contributed by atoms with Crippen LogP contribution in [0.25, 0.3) is 0 Å². The summed E-state index contributed by atoms with van der Waals surface area (Å²) in [7, 11) is 3.71. The van der Waals surface area contributed by atoms with Gasteiger partial charge in [0.15, 0.2) is 5.96 Å². The van der Waals surface area contributed by atoms with Crippen LogP contribution in [-0.4, -0.2) is 75.0 Å². The highest BCUT2D eigenvalue weighted by molar-refractivity contribution is 5.84. The van der Waals surface area contributed by atoms with E-state index in [1.807, 2.05) is 14.1 Å². The van der Waals surface area contributed by atoms with Gasteiger partial charge in [0.25, 0.3) is 0 Å². The van der Waals surface area contributed by atoms with Crippen LogP contribution < -0.4 is 10.6 Å². The van der Waals surface area contributed by atoms with E-state index in [-0.39, 0.29) is 11.3 Å². The maximum absolute atomic E-state index is 12.7. The lowest BCUT2D eigenvalue weighted by Gasteiger charge is -2.31. The number of aliphatic imine (C=N–C) groups is 1. The molecule has 6 nitrogen and oxygen atoms in total. The second-order valence-electron chi connectivity index (χ2n) is 8.36. The highest BCUT2D eigenvalue weighted by Crippen LogP contribution is 2.39. The first-order valence-corrected chi connectivity index (χ1v) is 10.4. The minimum absolute atomic E-state index is 0.233. The molecule has 150 valence electrons. The molecule has 0 spiro atoms. The Bertz CT molecular complexity index is 471. The number of hydrogen-bond donors (Lipinski definition) is 2. The predicted molar refractivity (Wildman–Crippen MR) is 108 cm³/mol. The van der Waals surface area contributed by atoms with Crippen LogP contribution in [0.2, 0.25) is 0 Å². The second kappa shape index (κ2) is 10.1. The zero-order valence-corrected chi connectivity index (χ0v) is 17.3. The van der Waals surface area contributed by atoms with Crippen molar-refractivity contribution in [1.82, 2.24) is 20.4 Å². The van der Waals surface area contributed by atoms with Crippen molar-refractivity contribution in [2.75, 3.05) is 53.4 Å². The number of nitrogens with zero attached hydrogens (tertiary/aromatic N) is 3. The van der Waals surface area contributed by atoms with Crippen molar-refractivity contribution >= 4 is 11.9 Å². The van der Waals surface area contributed by atoms with E-state index in [0.717, 1.165) is 57.2 Å². The summed E-state index contributed by atoms with van der Waals surface area (Å²) in [6.45, 7) is 10.2. The van der Waals surface area contributed by atoms with E-state index in [0.29, 0.717) is 6.54 Å². The Hall–Kier alpha value is -1.30. The van der Waals surface area contributed by atoms with Crippen LogP contribution >= 0.6 is 0 Å². The monoisotopic (exact) mass is 365 g/mol. The van der Waals surface area contributed by atoms with Crippen molar-refractivity contribution in [3.63, 3.8) is 0 Å². The van der Waals surface area contributed by atoms with E-state index < -0.39 is 0 Å².